The van der Waals surface area contributed by atoms with Gasteiger partial charge in [-0.3, -0.25) is 0 Å². The molecule has 2 aromatic carbocycles. The molecule has 0 radical (unpaired) electrons. The van der Waals surface area contributed by atoms with E-state index in [2.05, 4.69) is 5.32 Å². The first kappa shape index (κ1) is 13.5. The van der Waals surface area contributed by atoms with E-state index in [0.29, 0.717) is 11.3 Å². The molecule has 0 aromatic heterocycles. The quantitative estimate of drug-likeness (QED) is 0.894. The van der Waals surface area contributed by atoms with Crippen LogP contribution in [0, 0.1) is 11.6 Å². The van der Waals surface area contributed by atoms with E-state index in [1.807, 2.05) is 31.3 Å². The van der Waals surface area contributed by atoms with Crippen molar-refractivity contribution in [1.29, 1.82) is 0 Å². The second-order valence-corrected chi connectivity index (χ2v) is 4.21. The van der Waals surface area contributed by atoms with E-state index in [9.17, 15) is 8.78 Å². The molecule has 0 spiro atoms. The Kier molecular flexibility index (Phi) is 4.47. The molecule has 0 saturated heterocycles. The smallest absolute Gasteiger partial charge is 0.159 e. The average molecular weight is 263 g/mol. The third-order valence-corrected chi connectivity index (χ3v) is 2.67. The molecule has 0 aliphatic carbocycles. The van der Waals surface area contributed by atoms with Crippen molar-refractivity contribution < 1.29 is 13.5 Å². The van der Waals surface area contributed by atoms with Gasteiger partial charge in [0.05, 0.1) is 0 Å². The van der Waals surface area contributed by atoms with Gasteiger partial charge in [0, 0.05) is 6.54 Å². The summed E-state index contributed by atoms with van der Waals surface area (Å²) in [6, 6.07) is 11.4. The van der Waals surface area contributed by atoms with Gasteiger partial charge in [-0.15, -0.1) is 0 Å². The summed E-state index contributed by atoms with van der Waals surface area (Å²) in [6.07, 6.45) is 0. The van der Waals surface area contributed by atoms with Crippen molar-refractivity contribution >= 4 is 0 Å². The largest absolute Gasteiger partial charge is 0.489 e. The minimum atomic E-state index is -0.856. The van der Waals surface area contributed by atoms with E-state index in [-0.39, 0.29) is 6.61 Å². The molecule has 0 amide bonds. The molecular formula is C15H15F2NO. The van der Waals surface area contributed by atoms with Crippen molar-refractivity contribution in [1.82, 2.24) is 5.32 Å². The van der Waals surface area contributed by atoms with Gasteiger partial charge in [-0.1, -0.05) is 18.2 Å². The maximum atomic E-state index is 13.0. The van der Waals surface area contributed by atoms with Crippen LogP contribution in [0.25, 0.3) is 0 Å². The lowest BCUT2D eigenvalue weighted by atomic mass is 10.2. The molecule has 0 heterocycles. The third-order valence-electron chi connectivity index (χ3n) is 2.67. The Morgan fingerprint density at radius 1 is 1.00 bits per heavy atom. The maximum Gasteiger partial charge on any atom is 0.159 e. The number of rotatable bonds is 5. The summed E-state index contributed by atoms with van der Waals surface area (Å²) in [5.41, 5.74) is 1.70. The molecule has 4 heteroatoms. The summed E-state index contributed by atoms with van der Waals surface area (Å²) in [7, 11) is 1.87. The molecule has 1 N–H and O–H groups in total. The fourth-order valence-electron chi connectivity index (χ4n) is 1.75. The van der Waals surface area contributed by atoms with E-state index in [4.69, 9.17) is 4.74 Å². The molecule has 0 aliphatic heterocycles. The molecule has 0 saturated carbocycles. The lowest BCUT2D eigenvalue weighted by Crippen LogP contribution is -2.05. The number of ether oxygens (including phenoxy) is 1. The number of nitrogens with one attached hydrogen (secondary N) is 1. The Hall–Kier alpha value is -1.94. The van der Waals surface area contributed by atoms with Crippen LogP contribution >= 0.6 is 0 Å². The standard InChI is InChI=1S/C15H15F2NO/c1-18-9-11-3-2-4-13(7-11)19-10-12-5-6-14(16)15(17)8-12/h2-8,18H,9-10H2,1H3. The first-order valence-corrected chi connectivity index (χ1v) is 5.99. The van der Waals surface area contributed by atoms with Crippen molar-refractivity contribution in [3.63, 3.8) is 0 Å². The summed E-state index contributed by atoms with van der Waals surface area (Å²) in [5.74, 6) is -0.998. The number of hydrogen-bond acceptors (Lipinski definition) is 2. The van der Waals surface area contributed by atoms with E-state index in [1.165, 1.54) is 6.07 Å². The first-order chi connectivity index (χ1) is 9.19. The highest BCUT2D eigenvalue weighted by molar-refractivity contribution is 5.29. The first-order valence-electron chi connectivity index (χ1n) is 5.99. The van der Waals surface area contributed by atoms with Gasteiger partial charge < -0.3 is 10.1 Å². The third kappa shape index (κ3) is 3.76. The Labute approximate surface area is 111 Å². The average Bonchev–Trinajstić information content (AvgIpc) is 2.41. The second kappa shape index (κ2) is 6.29. The number of hydrogen-bond donors (Lipinski definition) is 1. The van der Waals surface area contributed by atoms with Crippen molar-refractivity contribution in [2.75, 3.05) is 7.05 Å². The van der Waals surface area contributed by atoms with Gasteiger partial charge in [-0.2, -0.15) is 0 Å². The zero-order valence-electron chi connectivity index (χ0n) is 10.6. The van der Waals surface area contributed by atoms with Crippen LogP contribution in [0.4, 0.5) is 8.78 Å². The van der Waals surface area contributed by atoms with Gasteiger partial charge in [0.15, 0.2) is 11.6 Å². The Bertz CT molecular complexity index is 558. The molecule has 100 valence electrons. The molecule has 0 unspecified atom stereocenters. The predicted molar refractivity (Wildman–Crippen MR) is 69.9 cm³/mol. The molecule has 0 aliphatic rings. The van der Waals surface area contributed by atoms with Crippen molar-refractivity contribution in [3.8, 4) is 5.75 Å². The molecule has 0 bridgehead atoms. The van der Waals surface area contributed by atoms with Gasteiger partial charge in [0.25, 0.3) is 0 Å². The van der Waals surface area contributed by atoms with Crippen LogP contribution in [-0.4, -0.2) is 7.05 Å². The SMILES string of the molecule is CNCc1cccc(OCc2ccc(F)c(F)c2)c1. The fraction of sp³-hybridized carbons (Fsp3) is 0.200. The van der Waals surface area contributed by atoms with E-state index in [0.717, 1.165) is 24.2 Å². The normalized spacial score (nSPS) is 10.5. The Morgan fingerprint density at radius 3 is 2.58 bits per heavy atom. The Balaban J connectivity index is 2.01. The number of halogens is 2. The summed E-state index contributed by atoms with van der Waals surface area (Å²) in [5, 5.41) is 3.05. The highest BCUT2D eigenvalue weighted by Crippen LogP contribution is 2.16. The highest BCUT2D eigenvalue weighted by atomic mass is 19.2. The summed E-state index contributed by atoms with van der Waals surface area (Å²) >= 11 is 0. The minimum Gasteiger partial charge on any atom is -0.489 e. The highest BCUT2D eigenvalue weighted by Gasteiger charge is 2.03. The van der Waals surface area contributed by atoms with Gasteiger partial charge in [0.1, 0.15) is 12.4 Å². The van der Waals surface area contributed by atoms with Crippen molar-refractivity contribution in [3.05, 3.63) is 65.2 Å². The van der Waals surface area contributed by atoms with Crippen molar-refractivity contribution in [2.24, 2.45) is 0 Å². The second-order valence-electron chi connectivity index (χ2n) is 4.21. The Morgan fingerprint density at radius 2 is 1.84 bits per heavy atom. The van der Waals surface area contributed by atoms with Crippen LogP contribution < -0.4 is 10.1 Å². The van der Waals surface area contributed by atoms with Crippen LogP contribution in [0.3, 0.4) is 0 Å². The van der Waals surface area contributed by atoms with E-state index >= 15 is 0 Å². The van der Waals surface area contributed by atoms with Crippen LogP contribution in [0.5, 0.6) is 5.75 Å². The van der Waals surface area contributed by atoms with Gasteiger partial charge in [-0.05, 0) is 42.4 Å². The van der Waals surface area contributed by atoms with Crippen LogP contribution in [0.15, 0.2) is 42.5 Å². The molecule has 2 rings (SSSR count). The molecular weight excluding hydrogens is 248 g/mol. The molecule has 2 nitrogen and oxygen atoms in total. The summed E-state index contributed by atoms with van der Waals surface area (Å²) in [6.45, 7) is 0.961. The van der Waals surface area contributed by atoms with Gasteiger partial charge >= 0.3 is 0 Å². The molecule has 0 atom stereocenters. The lowest BCUT2D eigenvalue weighted by molar-refractivity contribution is 0.304. The topological polar surface area (TPSA) is 21.3 Å². The van der Waals surface area contributed by atoms with E-state index in [1.54, 1.807) is 0 Å². The predicted octanol–water partition coefficient (Wildman–Crippen LogP) is 3.26. The number of benzene rings is 2. The van der Waals surface area contributed by atoms with Gasteiger partial charge in [0.2, 0.25) is 0 Å². The summed E-state index contributed by atoms with van der Waals surface area (Å²) in [4.78, 5) is 0. The molecule has 19 heavy (non-hydrogen) atoms. The lowest BCUT2D eigenvalue weighted by Gasteiger charge is -2.08. The van der Waals surface area contributed by atoms with Crippen LogP contribution in [-0.2, 0) is 13.2 Å². The zero-order chi connectivity index (χ0) is 13.7. The summed E-state index contributed by atoms with van der Waals surface area (Å²) < 4.78 is 31.4. The fourth-order valence-corrected chi connectivity index (χ4v) is 1.75. The monoisotopic (exact) mass is 263 g/mol. The molecule has 2 aromatic rings. The maximum absolute atomic E-state index is 13.0. The minimum absolute atomic E-state index is 0.209. The zero-order valence-corrected chi connectivity index (χ0v) is 10.6. The van der Waals surface area contributed by atoms with Crippen LogP contribution in [0.2, 0.25) is 0 Å². The van der Waals surface area contributed by atoms with E-state index < -0.39 is 11.6 Å². The molecule has 0 fully saturated rings. The van der Waals surface area contributed by atoms with Crippen molar-refractivity contribution in [2.45, 2.75) is 13.2 Å². The van der Waals surface area contributed by atoms with Gasteiger partial charge in [-0.25, -0.2) is 8.78 Å². The van der Waals surface area contributed by atoms with Crippen LogP contribution in [0.1, 0.15) is 11.1 Å².